The van der Waals surface area contributed by atoms with Crippen LogP contribution in [0.15, 0.2) is 15.3 Å². The molecule has 3 N–H and O–H groups in total. The van der Waals surface area contributed by atoms with E-state index in [1.54, 1.807) is 0 Å². The molecular formula is C6H4O6. The fraction of sp³-hybridized carbons (Fsp3) is 0. The van der Waals surface area contributed by atoms with Crippen molar-refractivity contribution >= 4 is 5.97 Å². The maximum Gasteiger partial charge on any atom is 0.383 e. The van der Waals surface area contributed by atoms with Crippen molar-refractivity contribution < 1.29 is 24.5 Å². The Balaban J connectivity index is 3.41. The zero-order valence-electron chi connectivity index (χ0n) is 5.64. The third-order valence-corrected chi connectivity index (χ3v) is 1.12. The van der Waals surface area contributed by atoms with Gasteiger partial charge in [-0.3, -0.25) is 0 Å². The maximum atomic E-state index is 10.5. The van der Waals surface area contributed by atoms with Gasteiger partial charge in [0.25, 0.3) is 0 Å². The Bertz CT molecular complexity index is 376. The van der Waals surface area contributed by atoms with E-state index in [0.29, 0.717) is 6.07 Å². The van der Waals surface area contributed by atoms with Crippen LogP contribution in [0.25, 0.3) is 0 Å². The lowest BCUT2D eigenvalue weighted by Crippen LogP contribution is -2.05. The molecule has 6 nitrogen and oxygen atoms in total. The quantitative estimate of drug-likeness (QED) is 0.539. The second kappa shape index (κ2) is 2.57. The summed E-state index contributed by atoms with van der Waals surface area (Å²) in [5.74, 6) is -4.04. The van der Waals surface area contributed by atoms with Crippen molar-refractivity contribution in [2.75, 3.05) is 0 Å². The van der Waals surface area contributed by atoms with E-state index in [9.17, 15) is 9.59 Å². The monoisotopic (exact) mass is 172 g/mol. The molecule has 0 atom stereocenters. The highest BCUT2D eigenvalue weighted by Crippen LogP contribution is 2.19. The molecule has 0 aliphatic rings. The van der Waals surface area contributed by atoms with Crippen LogP contribution in [0.3, 0.4) is 0 Å². The molecule has 64 valence electrons. The van der Waals surface area contributed by atoms with Crippen LogP contribution < -0.4 is 5.63 Å². The fourth-order valence-corrected chi connectivity index (χ4v) is 0.580. The smallest absolute Gasteiger partial charge is 0.383 e. The third-order valence-electron chi connectivity index (χ3n) is 1.12. The molecule has 0 bridgehead atoms. The molecule has 1 aromatic heterocycles. The van der Waals surface area contributed by atoms with Gasteiger partial charge in [-0.05, 0) is 0 Å². The van der Waals surface area contributed by atoms with E-state index in [0.717, 1.165) is 0 Å². The highest BCUT2D eigenvalue weighted by Gasteiger charge is 2.13. The summed E-state index contributed by atoms with van der Waals surface area (Å²) in [4.78, 5) is 20.7. The van der Waals surface area contributed by atoms with Gasteiger partial charge >= 0.3 is 11.6 Å². The Morgan fingerprint density at radius 2 is 2.00 bits per heavy atom. The van der Waals surface area contributed by atoms with Gasteiger partial charge in [-0.1, -0.05) is 0 Å². The summed E-state index contributed by atoms with van der Waals surface area (Å²) < 4.78 is 4.09. The van der Waals surface area contributed by atoms with Gasteiger partial charge in [-0.15, -0.1) is 0 Å². The number of carboxylic acids is 1. The topological polar surface area (TPSA) is 108 Å². The molecule has 0 fully saturated rings. The molecule has 1 aromatic rings. The van der Waals surface area contributed by atoms with Gasteiger partial charge in [-0.25, -0.2) is 9.59 Å². The molecule has 0 radical (unpaired) electrons. The van der Waals surface area contributed by atoms with Gasteiger partial charge in [-0.2, -0.15) is 0 Å². The molecule has 0 amide bonds. The van der Waals surface area contributed by atoms with E-state index in [1.807, 2.05) is 0 Å². The average molecular weight is 172 g/mol. The first kappa shape index (κ1) is 8.12. The number of hydrogen-bond donors (Lipinski definition) is 3. The first-order chi connectivity index (χ1) is 5.52. The summed E-state index contributed by atoms with van der Waals surface area (Å²) in [5, 5.41) is 25.7. The minimum atomic E-state index is -1.50. The number of carbonyl (C=O) groups is 1. The molecule has 0 saturated carbocycles. The Hall–Kier alpha value is -1.98. The van der Waals surface area contributed by atoms with Crippen LogP contribution in [0.5, 0.6) is 11.5 Å². The molecule has 6 heteroatoms. The summed E-state index contributed by atoms with van der Waals surface area (Å²) in [7, 11) is 0. The van der Waals surface area contributed by atoms with Crippen LogP contribution in [0, 0.1) is 0 Å². The lowest BCUT2D eigenvalue weighted by atomic mass is 10.3. The van der Waals surface area contributed by atoms with Crippen molar-refractivity contribution in [3.8, 4) is 11.5 Å². The van der Waals surface area contributed by atoms with Crippen molar-refractivity contribution in [1.29, 1.82) is 0 Å². The van der Waals surface area contributed by atoms with Crippen molar-refractivity contribution in [1.82, 2.24) is 0 Å². The molecule has 1 heterocycles. The third kappa shape index (κ3) is 1.22. The van der Waals surface area contributed by atoms with Crippen LogP contribution in [-0.4, -0.2) is 21.3 Å². The lowest BCUT2D eigenvalue weighted by Gasteiger charge is -1.95. The van der Waals surface area contributed by atoms with Gasteiger partial charge in [0.15, 0.2) is 5.75 Å². The summed E-state index contributed by atoms with van der Waals surface area (Å²) in [6, 6.07) is 0.638. The molecule has 0 unspecified atom stereocenters. The van der Waals surface area contributed by atoms with E-state index in [-0.39, 0.29) is 0 Å². The largest absolute Gasteiger partial charge is 0.504 e. The normalized spacial score (nSPS) is 9.67. The molecule has 0 aromatic carbocycles. The van der Waals surface area contributed by atoms with E-state index >= 15 is 0 Å². The second-order valence-electron chi connectivity index (χ2n) is 1.94. The Labute approximate surface area is 65.3 Å². The van der Waals surface area contributed by atoms with Gasteiger partial charge in [0.2, 0.25) is 11.5 Å². The predicted octanol–water partition coefficient (Wildman–Crippen LogP) is -0.251. The van der Waals surface area contributed by atoms with Gasteiger partial charge in [0.1, 0.15) is 0 Å². The minimum absolute atomic E-state index is 0.638. The van der Waals surface area contributed by atoms with Gasteiger partial charge < -0.3 is 19.7 Å². The first-order valence-corrected chi connectivity index (χ1v) is 2.81. The SMILES string of the molecule is O=C(O)c1cc(O)c(O)c(=O)o1. The molecule has 1 rings (SSSR count). The van der Waals surface area contributed by atoms with Crippen LogP contribution in [-0.2, 0) is 0 Å². The molecule has 12 heavy (non-hydrogen) atoms. The minimum Gasteiger partial charge on any atom is -0.504 e. The number of rotatable bonds is 1. The van der Waals surface area contributed by atoms with Gasteiger partial charge in [0.05, 0.1) is 0 Å². The van der Waals surface area contributed by atoms with Gasteiger partial charge in [0, 0.05) is 6.07 Å². The van der Waals surface area contributed by atoms with Crippen molar-refractivity contribution in [3.63, 3.8) is 0 Å². The average Bonchev–Trinajstić information content (AvgIpc) is 1.99. The van der Waals surface area contributed by atoms with Crippen LogP contribution in [0.1, 0.15) is 10.6 Å². The van der Waals surface area contributed by atoms with E-state index < -0.39 is 28.9 Å². The van der Waals surface area contributed by atoms with Crippen LogP contribution >= 0.6 is 0 Å². The number of aromatic carboxylic acids is 1. The molecular weight excluding hydrogens is 168 g/mol. The highest BCUT2D eigenvalue weighted by molar-refractivity contribution is 5.84. The highest BCUT2D eigenvalue weighted by atomic mass is 16.4. The maximum absolute atomic E-state index is 10.5. The van der Waals surface area contributed by atoms with E-state index in [4.69, 9.17) is 15.3 Å². The van der Waals surface area contributed by atoms with Crippen molar-refractivity contribution in [2.45, 2.75) is 0 Å². The van der Waals surface area contributed by atoms with Crippen LogP contribution in [0.4, 0.5) is 0 Å². The Morgan fingerprint density at radius 3 is 2.42 bits per heavy atom. The Morgan fingerprint density at radius 1 is 1.42 bits per heavy atom. The molecule has 0 spiro atoms. The summed E-state index contributed by atoms with van der Waals surface area (Å²) in [6.45, 7) is 0. The summed E-state index contributed by atoms with van der Waals surface area (Å²) >= 11 is 0. The molecule has 0 aliphatic heterocycles. The first-order valence-electron chi connectivity index (χ1n) is 2.81. The van der Waals surface area contributed by atoms with E-state index in [1.165, 1.54) is 0 Å². The second-order valence-corrected chi connectivity index (χ2v) is 1.94. The number of hydrogen-bond acceptors (Lipinski definition) is 5. The van der Waals surface area contributed by atoms with Crippen molar-refractivity contribution in [3.05, 3.63) is 22.2 Å². The fourth-order valence-electron chi connectivity index (χ4n) is 0.580. The Kier molecular flexibility index (Phi) is 1.74. The lowest BCUT2D eigenvalue weighted by molar-refractivity contribution is 0.0655. The zero-order chi connectivity index (χ0) is 9.30. The standard InChI is InChI=1S/C6H4O6/c7-2-1-3(5(9)10)12-6(11)4(2)8/h1,7-8H,(H,9,10). The van der Waals surface area contributed by atoms with Crippen LogP contribution in [0.2, 0.25) is 0 Å². The molecule has 0 aliphatic carbocycles. The number of carboxylic acid groups (broad SMARTS) is 1. The van der Waals surface area contributed by atoms with E-state index in [2.05, 4.69) is 4.42 Å². The van der Waals surface area contributed by atoms with Crippen molar-refractivity contribution in [2.24, 2.45) is 0 Å². The zero-order valence-corrected chi connectivity index (χ0v) is 5.64. The molecule has 0 saturated heterocycles. The summed E-state index contributed by atoms with van der Waals surface area (Å²) in [5.41, 5.74) is -1.28. The predicted molar refractivity (Wildman–Crippen MR) is 35.3 cm³/mol. The number of aromatic hydroxyl groups is 2. The summed E-state index contributed by atoms with van der Waals surface area (Å²) in [6.07, 6.45) is 0.